The summed E-state index contributed by atoms with van der Waals surface area (Å²) >= 11 is 0. The molecule has 0 bridgehead atoms. The van der Waals surface area contributed by atoms with Gasteiger partial charge in [0.2, 0.25) is 0 Å². The fraction of sp³-hybridized carbons (Fsp3) is 0.0909. The summed E-state index contributed by atoms with van der Waals surface area (Å²) in [6.07, 6.45) is 0. The van der Waals surface area contributed by atoms with E-state index in [1.165, 1.54) is 60.9 Å². The molecule has 1 aliphatic rings. The first kappa shape index (κ1) is 34.2. The molecular weight excluding hydrogens is 705 g/mol. The summed E-state index contributed by atoms with van der Waals surface area (Å²) in [6, 6.07) is 66.1. The lowest BCUT2D eigenvalue weighted by Gasteiger charge is -2.27. The third kappa shape index (κ3) is 5.27. The van der Waals surface area contributed by atoms with Crippen LogP contribution in [0.5, 0.6) is 0 Å². The number of furan rings is 1. The molecule has 0 radical (unpaired) electrons. The number of hydrogen-bond donors (Lipinski definition) is 0. The number of benzene rings is 9. The van der Waals surface area contributed by atoms with Crippen LogP contribution in [0, 0.1) is 13.8 Å². The van der Waals surface area contributed by atoms with E-state index in [1.807, 2.05) is 0 Å². The lowest BCUT2D eigenvalue weighted by atomic mass is 9.81. The van der Waals surface area contributed by atoms with Crippen molar-refractivity contribution in [2.75, 3.05) is 9.80 Å². The first-order valence-electron chi connectivity index (χ1n) is 20.2. The van der Waals surface area contributed by atoms with Crippen molar-refractivity contribution in [1.82, 2.24) is 0 Å². The Morgan fingerprint density at radius 1 is 0.414 bits per heavy atom. The van der Waals surface area contributed by atoms with Gasteiger partial charge in [0.15, 0.2) is 0 Å². The molecule has 3 nitrogen and oxygen atoms in total. The molecule has 0 N–H and O–H groups in total. The molecule has 1 aliphatic carbocycles. The van der Waals surface area contributed by atoms with Gasteiger partial charge in [-0.1, -0.05) is 105 Å². The number of para-hydroxylation sites is 4. The van der Waals surface area contributed by atoms with Crippen LogP contribution in [-0.4, -0.2) is 0 Å². The first-order valence-corrected chi connectivity index (χ1v) is 20.2. The second-order valence-corrected chi connectivity index (χ2v) is 16.3. The van der Waals surface area contributed by atoms with Crippen LogP contribution < -0.4 is 9.80 Å². The van der Waals surface area contributed by atoms with Gasteiger partial charge in [-0.15, -0.1) is 0 Å². The predicted molar refractivity (Wildman–Crippen MR) is 245 cm³/mol. The number of nitrogens with zero attached hydrogens (tertiary/aromatic N) is 2. The molecule has 0 saturated carbocycles. The summed E-state index contributed by atoms with van der Waals surface area (Å²) in [5.41, 5.74) is 16.1. The third-order valence-electron chi connectivity index (χ3n) is 12.4. The van der Waals surface area contributed by atoms with Gasteiger partial charge in [-0.25, -0.2) is 0 Å². The highest BCUT2D eigenvalue weighted by atomic mass is 16.3. The number of anilines is 6. The highest BCUT2D eigenvalue weighted by molar-refractivity contribution is 6.13. The van der Waals surface area contributed by atoms with E-state index in [4.69, 9.17) is 4.42 Å². The Labute approximate surface area is 339 Å². The van der Waals surface area contributed by atoms with E-state index in [0.29, 0.717) is 0 Å². The Bertz CT molecular complexity index is 3230. The fourth-order valence-corrected chi connectivity index (χ4v) is 9.49. The van der Waals surface area contributed by atoms with Crippen LogP contribution in [0.25, 0.3) is 54.6 Å². The van der Waals surface area contributed by atoms with Gasteiger partial charge in [0.25, 0.3) is 0 Å². The van der Waals surface area contributed by atoms with Gasteiger partial charge >= 0.3 is 0 Å². The van der Waals surface area contributed by atoms with Crippen LogP contribution >= 0.6 is 0 Å². The van der Waals surface area contributed by atoms with Crippen molar-refractivity contribution in [1.29, 1.82) is 0 Å². The summed E-state index contributed by atoms with van der Waals surface area (Å²) in [7, 11) is 0. The Morgan fingerprint density at radius 2 is 0.948 bits per heavy atom. The van der Waals surface area contributed by atoms with Crippen LogP contribution in [-0.2, 0) is 5.41 Å². The van der Waals surface area contributed by atoms with Crippen LogP contribution in [0.4, 0.5) is 34.1 Å². The van der Waals surface area contributed by atoms with E-state index in [1.54, 1.807) is 0 Å². The van der Waals surface area contributed by atoms with Gasteiger partial charge in [-0.05, 0) is 154 Å². The van der Waals surface area contributed by atoms with Crippen molar-refractivity contribution in [2.45, 2.75) is 33.1 Å². The van der Waals surface area contributed by atoms with Gasteiger partial charge in [-0.2, -0.15) is 0 Å². The SMILES string of the molecule is Cc1ccccc1N(c1ccccc1)c1ccc2cc3c(cc2c1)C(C)(C)c1c-3ccc2c1oc1cc3cc(N(c4ccccc4)c4ccccc4C)ccc3cc12. The van der Waals surface area contributed by atoms with Crippen molar-refractivity contribution in [3.63, 3.8) is 0 Å². The van der Waals surface area contributed by atoms with Gasteiger partial charge < -0.3 is 14.2 Å². The maximum atomic E-state index is 7.00. The molecule has 0 saturated heterocycles. The molecule has 58 heavy (non-hydrogen) atoms. The summed E-state index contributed by atoms with van der Waals surface area (Å²) < 4.78 is 7.00. The predicted octanol–water partition coefficient (Wildman–Crippen LogP) is 15.8. The van der Waals surface area contributed by atoms with Crippen molar-refractivity contribution in [3.05, 3.63) is 204 Å². The Hall–Kier alpha value is -7.10. The zero-order valence-electron chi connectivity index (χ0n) is 33.1. The van der Waals surface area contributed by atoms with Crippen molar-refractivity contribution in [2.24, 2.45) is 0 Å². The van der Waals surface area contributed by atoms with E-state index >= 15 is 0 Å². The average Bonchev–Trinajstić information content (AvgIpc) is 3.71. The summed E-state index contributed by atoms with van der Waals surface area (Å²) in [5.74, 6) is 0. The maximum Gasteiger partial charge on any atom is 0.140 e. The normalized spacial score (nSPS) is 13.0. The van der Waals surface area contributed by atoms with Gasteiger partial charge in [0.05, 0.1) is 0 Å². The number of aryl methyl sites for hydroxylation is 2. The monoisotopic (exact) mass is 746 g/mol. The van der Waals surface area contributed by atoms with Gasteiger partial charge in [0.1, 0.15) is 11.2 Å². The minimum atomic E-state index is -0.270. The molecule has 0 atom stereocenters. The molecular formula is C55H42N2O. The topological polar surface area (TPSA) is 19.6 Å². The van der Waals surface area contributed by atoms with E-state index in [9.17, 15) is 0 Å². The number of hydrogen-bond acceptors (Lipinski definition) is 3. The summed E-state index contributed by atoms with van der Waals surface area (Å²) in [5, 5.41) is 7.11. The standard InChI is InChI=1S/C55H42N2O/c1-35-15-11-13-21-50(35)56(41-17-7-5-8-18-41)43-25-23-37-31-47-45-27-28-46-48-32-38-24-26-44(57(42-19-9-6-10-20-42)51-22-14-12-16-36(51)2)30-40(38)34-52(48)58-54(46)53(45)55(3,4)49(47)33-39(37)29-43/h5-34H,1-4H3. The van der Waals surface area contributed by atoms with Crippen molar-refractivity contribution in [3.8, 4) is 11.1 Å². The number of rotatable bonds is 6. The Kier molecular flexibility index (Phi) is 7.64. The smallest absolute Gasteiger partial charge is 0.140 e. The van der Waals surface area contributed by atoms with Crippen molar-refractivity contribution < 1.29 is 4.42 Å². The molecule has 1 heterocycles. The zero-order valence-corrected chi connectivity index (χ0v) is 33.1. The van der Waals surface area contributed by atoms with E-state index in [0.717, 1.165) is 50.1 Å². The summed E-state index contributed by atoms with van der Waals surface area (Å²) in [4.78, 5) is 4.72. The van der Waals surface area contributed by atoms with Crippen LogP contribution in [0.15, 0.2) is 186 Å². The van der Waals surface area contributed by atoms with Crippen molar-refractivity contribution >= 4 is 77.6 Å². The lowest BCUT2D eigenvalue weighted by molar-refractivity contribution is 0.620. The minimum Gasteiger partial charge on any atom is -0.456 e. The fourth-order valence-electron chi connectivity index (χ4n) is 9.49. The molecule has 0 aliphatic heterocycles. The molecule has 1 aromatic heterocycles. The highest BCUT2D eigenvalue weighted by Gasteiger charge is 2.39. The van der Waals surface area contributed by atoms with E-state index < -0.39 is 0 Å². The first-order chi connectivity index (χ1) is 28.3. The minimum absolute atomic E-state index is 0.270. The molecule has 9 aromatic carbocycles. The quantitative estimate of drug-likeness (QED) is 0.169. The second-order valence-electron chi connectivity index (χ2n) is 16.3. The summed E-state index contributed by atoms with van der Waals surface area (Å²) in [6.45, 7) is 9.07. The number of fused-ring (bicyclic) bond motifs is 9. The Morgan fingerprint density at radius 3 is 1.53 bits per heavy atom. The average molecular weight is 747 g/mol. The zero-order chi connectivity index (χ0) is 39.1. The molecule has 0 amide bonds. The molecule has 10 aromatic rings. The van der Waals surface area contributed by atoms with Gasteiger partial charge in [0, 0.05) is 55.9 Å². The van der Waals surface area contributed by atoms with E-state index in [2.05, 4.69) is 219 Å². The molecule has 0 fully saturated rings. The molecule has 0 spiro atoms. The second kappa shape index (κ2) is 13.0. The maximum absolute atomic E-state index is 7.00. The molecule has 0 unspecified atom stereocenters. The third-order valence-corrected chi connectivity index (χ3v) is 12.4. The Balaban J connectivity index is 1.03. The van der Waals surface area contributed by atoms with Gasteiger partial charge in [-0.3, -0.25) is 0 Å². The molecule has 11 rings (SSSR count). The largest absolute Gasteiger partial charge is 0.456 e. The van der Waals surface area contributed by atoms with Crippen LogP contribution in [0.3, 0.4) is 0 Å². The van der Waals surface area contributed by atoms with Crippen LogP contribution in [0.1, 0.15) is 36.1 Å². The highest BCUT2D eigenvalue weighted by Crippen LogP contribution is 2.54. The van der Waals surface area contributed by atoms with Crippen LogP contribution in [0.2, 0.25) is 0 Å². The van der Waals surface area contributed by atoms with E-state index in [-0.39, 0.29) is 5.41 Å². The lowest BCUT2D eigenvalue weighted by Crippen LogP contribution is -2.15. The molecule has 278 valence electrons. The molecule has 3 heteroatoms.